The van der Waals surface area contributed by atoms with E-state index in [9.17, 15) is 0 Å². The lowest BCUT2D eigenvalue weighted by Crippen LogP contribution is -2.32. The molecule has 3 aliphatic heterocycles. The number of fused-ring (bicyclic) bond motifs is 6. The van der Waals surface area contributed by atoms with Crippen LogP contribution in [0.3, 0.4) is 0 Å². The number of halogens is 1. The molecule has 0 radical (unpaired) electrons. The lowest BCUT2D eigenvalue weighted by molar-refractivity contribution is 0.330. The minimum Gasteiger partial charge on any atom is -0.363 e. The molecule has 0 aliphatic carbocycles. The number of hydrogen-bond acceptors (Lipinski definition) is 5. The van der Waals surface area contributed by atoms with E-state index in [1.165, 1.54) is 29.5 Å². The van der Waals surface area contributed by atoms with E-state index in [2.05, 4.69) is 69.4 Å². The Kier molecular flexibility index (Phi) is 6.59. The maximum absolute atomic E-state index is 7.16. The van der Waals surface area contributed by atoms with Gasteiger partial charge in [0.2, 0.25) is 5.95 Å². The fraction of sp³-hybridized carbons (Fsp3) is 0.364. The van der Waals surface area contributed by atoms with E-state index in [1.54, 1.807) is 0 Å². The van der Waals surface area contributed by atoms with E-state index in [0.717, 1.165) is 84.4 Å². The first-order valence-electron chi connectivity index (χ1n) is 14.7. The van der Waals surface area contributed by atoms with Gasteiger partial charge in [0, 0.05) is 78.2 Å². The number of aromatic nitrogens is 5. The van der Waals surface area contributed by atoms with Gasteiger partial charge in [-0.15, -0.1) is 11.6 Å². The van der Waals surface area contributed by atoms with Crippen molar-refractivity contribution in [1.82, 2.24) is 29.6 Å². The number of nitrogens with zero attached hydrogens (tertiary/aromatic N) is 6. The number of alkyl halides is 1. The molecule has 0 bridgehead atoms. The zero-order chi connectivity index (χ0) is 28.1. The van der Waals surface area contributed by atoms with Crippen molar-refractivity contribution in [2.75, 3.05) is 24.5 Å². The number of likely N-dealkylation sites (tertiary alicyclic amines) is 1. The maximum Gasteiger partial charge on any atom is 0.225 e. The highest BCUT2D eigenvalue weighted by Gasteiger charge is 2.33. The lowest BCUT2D eigenvalue weighted by Gasteiger charge is -2.28. The Morgan fingerprint density at radius 1 is 1.10 bits per heavy atom. The maximum atomic E-state index is 7.16. The Hall–Kier alpha value is -3.68. The van der Waals surface area contributed by atoms with Crippen molar-refractivity contribution in [3.8, 4) is 5.69 Å². The van der Waals surface area contributed by atoms with Gasteiger partial charge in [0.15, 0.2) is 0 Å². The van der Waals surface area contributed by atoms with Crippen molar-refractivity contribution >= 4 is 29.2 Å². The second-order valence-corrected chi connectivity index (χ2v) is 12.4. The van der Waals surface area contributed by atoms with Crippen LogP contribution in [0, 0.1) is 0 Å². The highest BCUT2D eigenvalue weighted by Crippen LogP contribution is 2.41. The summed E-state index contributed by atoms with van der Waals surface area (Å²) >= 11 is 7.16. The van der Waals surface area contributed by atoms with Crippen molar-refractivity contribution < 1.29 is 0 Å². The minimum atomic E-state index is -0.722. The van der Waals surface area contributed by atoms with Gasteiger partial charge in [-0.1, -0.05) is 43.9 Å². The molecular weight excluding hydrogens is 530 g/mol. The third-order valence-corrected chi connectivity index (χ3v) is 9.09. The molecule has 0 spiro atoms. The summed E-state index contributed by atoms with van der Waals surface area (Å²) in [6, 6.07) is 8.53. The Morgan fingerprint density at radius 3 is 2.68 bits per heavy atom. The zero-order valence-electron chi connectivity index (χ0n) is 23.8. The molecular formula is C33H36ClN7. The number of nitrogens with one attached hydrogen (secondary N) is 1. The smallest absolute Gasteiger partial charge is 0.225 e. The summed E-state index contributed by atoms with van der Waals surface area (Å²) in [4.78, 5) is 17.0. The Morgan fingerprint density at radius 2 is 1.90 bits per heavy atom. The lowest BCUT2D eigenvalue weighted by atomic mass is 9.91. The van der Waals surface area contributed by atoms with Crippen molar-refractivity contribution in [3.05, 3.63) is 100 Å². The average Bonchev–Trinajstić information content (AvgIpc) is 3.75. The molecule has 41 heavy (non-hydrogen) atoms. The van der Waals surface area contributed by atoms with Gasteiger partial charge in [-0.2, -0.15) is 5.10 Å². The number of benzene rings is 1. The van der Waals surface area contributed by atoms with Crippen molar-refractivity contribution in [3.63, 3.8) is 0 Å². The van der Waals surface area contributed by atoms with E-state index < -0.39 is 4.87 Å². The van der Waals surface area contributed by atoms with E-state index >= 15 is 0 Å². The average molecular weight is 566 g/mol. The molecule has 8 heteroatoms. The molecule has 1 N–H and O–H groups in total. The molecule has 1 saturated heterocycles. The molecule has 1 aromatic carbocycles. The molecule has 0 saturated carbocycles. The van der Waals surface area contributed by atoms with E-state index in [0.29, 0.717) is 6.54 Å². The first kappa shape index (κ1) is 26.2. The predicted octanol–water partition coefficient (Wildman–Crippen LogP) is 6.25. The second-order valence-electron chi connectivity index (χ2n) is 11.6. The third kappa shape index (κ3) is 4.61. The molecule has 1 fully saturated rings. The molecule has 1 unspecified atom stereocenters. The van der Waals surface area contributed by atoms with Crippen LogP contribution in [-0.4, -0.2) is 49.3 Å². The Labute approximate surface area is 246 Å². The van der Waals surface area contributed by atoms with Gasteiger partial charge in [-0.25, -0.2) is 14.6 Å². The van der Waals surface area contributed by atoms with Crippen LogP contribution in [0.4, 0.5) is 5.95 Å². The fourth-order valence-electron chi connectivity index (χ4n) is 6.58. The number of para-hydroxylation sites is 1. The summed E-state index contributed by atoms with van der Waals surface area (Å²) in [6.45, 7) is 13.6. The third-order valence-electron chi connectivity index (χ3n) is 8.78. The van der Waals surface area contributed by atoms with Gasteiger partial charge in [0.05, 0.1) is 17.1 Å². The van der Waals surface area contributed by atoms with E-state index in [1.807, 2.05) is 25.5 Å². The van der Waals surface area contributed by atoms with Gasteiger partial charge in [0.1, 0.15) is 4.87 Å². The standard InChI is InChI=1S/C33H36ClN7/c1-4-24-8-7-9-25-10-13-33(3,34)31-26(11-14-35-31)22(2)29-27-21-40(17-12-28(27)38-41(29)30(24)25)32-36-18-23(19-37-32)20-39-15-5-6-16-39/h7-11,13-14,18-19,35H,2,4-6,12,15-17,20-21H2,1,3H3/b13-10+. The van der Waals surface area contributed by atoms with Crippen LogP contribution < -0.4 is 4.90 Å². The van der Waals surface area contributed by atoms with Crippen LogP contribution in [0.25, 0.3) is 17.3 Å². The van der Waals surface area contributed by atoms with Crippen LogP contribution in [0.15, 0.2) is 55.5 Å². The molecule has 210 valence electrons. The van der Waals surface area contributed by atoms with Crippen LogP contribution in [0.2, 0.25) is 0 Å². The quantitative estimate of drug-likeness (QED) is 0.296. The van der Waals surface area contributed by atoms with Gasteiger partial charge in [-0.3, -0.25) is 4.90 Å². The highest BCUT2D eigenvalue weighted by atomic mass is 35.5. The van der Waals surface area contributed by atoms with Crippen molar-refractivity contribution in [1.29, 1.82) is 0 Å². The van der Waals surface area contributed by atoms with Crippen LogP contribution >= 0.6 is 11.6 Å². The normalized spacial score (nSPS) is 21.2. The monoisotopic (exact) mass is 565 g/mol. The van der Waals surface area contributed by atoms with Crippen molar-refractivity contribution in [2.24, 2.45) is 0 Å². The Bertz CT molecular complexity index is 1640. The summed E-state index contributed by atoms with van der Waals surface area (Å²) in [6.07, 6.45) is 14.4. The number of H-pyrrole nitrogens is 1. The molecule has 4 aromatic rings. The number of hydrogen-bond donors (Lipinski definition) is 1. The summed E-state index contributed by atoms with van der Waals surface area (Å²) in [5.41, 5.74) is 10.8. The number of anilines is 1. The topological polar surface area (TPSA) is 65.9 Å². The first-order chi connectivity index (χ1) is 19.9. The minimum absolute atomic E-state index is 0.673. The van der Waals surface area contributed by atoms with Crippen LogP contribution in [-0.2, 0) is 30.8 Å². The van der Waals surface area contributed by atoms with Gasteiger partial charge >= 0.3 is 0 Å². The number of rotatable bonds is 4. The summed E-state index contributed by atoms with van der Waals surface area (Å²) in [7, 11) is 0. The van der Waals surface area contributed by atoms with Crippen LogP contribution in [0.1, 0.15) is 71.6 Å². The van der Waals surface area contributed by atoms with Crippen molar-refractivity contribution in [2.45, 2.75) is 57.5 Å². The first-order valence-corrected chi connectivity index (χ1v) is 15.1. The number of aryl methyl sites for hydroxylation is 1. The summed E-state index contributed by atoms with van der Waals surface area (Å²) in [5, 5.41) is 5.26. The predicted molar refractivity (Wildman–Crippen MR) is 165 cm³/mol. The molecule has 7 nitrogen and oxygen atoms in total. The zero-order valence-corrected chi connectivity index (χ0v) is 24.6. The van der Waals surface area contributed by atoms with Gasteiger partial charge < -0.3 is 9.88 Å². The van der Waals surface area contributed by atoms with Crippen LogP contribution in [0.5, 0.6) is 0 Å². The molecule has 3 aliphatic rings. The molecule has 7 rings (SSSR count). The SMILES string of the molecule is C=C1c2cc[nH]c2C(C)(Cl)/C=C/c2cccc(CC)c2-n2nc3c(c21)CN(c1ncc(CN2CCCC2)cn1)CC3. The highest BCUT2D eigenvalue weighted by molar-refractivity contribution is 6.25. The number of aromatic amines is 1. The second kappa shape index (κ2) is 10.3. The summed E-state index contributed by atoms with van der Waals surface area (Å²) in [5.74, 6) is 0.763. The van der Waals surface area contributed by atoms with E-state index in [4.69, 9.17) is 26.7 Å². The molecule has 6 heterocycles. The fourth-order valence-corrected chi connectivity index (χ4v) is 6.80. The summed E-state index contributed by atoms with van der Waals surface area (Å²) < 4.78 is 2.14. The number of allylic oxidation sites excluding steroid dienone is 1. The largest absolute Gasteiger partial charge is 0.363 e. The van der Waals surface area contributed by atoms with Gasteiger partial charge in [0.25, 0.3) is 0 Å². The molecule has 1 atom stereocenters. The van der Waals surface area contributed by atoms with Gasteiger partial charge in [-0.05, 0) is 50.9 Å². The van der Waals surface area contributed by atoms with E-state index in [-0.39, 0.29) is 0 Å². The Balaban J connectivity index is 1.32. The molecule has 3 aromatic heterocycles. The molecule has 0 amide bonds.